The van der Waals surface area contributed by atoms with E-state index in [-0.39, 0.29) is 17.7 Å². The van der Waals surface area contributed by atoms with Crippen molar-refractivity contribution in [2.45, 2.75) is 12.5 Å². The molecule has 104 valence electrons. The van der Waals surface area contributed by atoms with Crippen LogP contribution in [-0.2, 0) is 6.42 Å². The van der Waals surface area contributed by atoms with E-state index in [1.807, 2.05) is 0 Å². The number of aliphatic hydroxyl groups excluding tert-OH is 1. The van der Waals surface area contributed by atoms with Gasteiger partial charge in [-0.05, 0) is 11.6 Å². The van der Waals surface area contributed by atoms with Crippen LogP contribution in [0.25, 0.3) is 0 Å². The second-order valence-electron chi connectivity index (χ2n) is 4.29. The summed E-state index contributed by atoms with van der Waals surface area (Å²) in [5, 5.41) is 20.4. The third-order valence-corrected chi connectivity index (χ3v) is 2.92. The van der Waals surface area contributed by atoms with Crippen LogP contribution in [0.3, 0.4) is 0 Å². The van der Waals surface area contributed by atoms with E-state index < -0.39 is 22.7 Å². The molecule has 0 aromatic heterocycles. The summed E-state index contributed by atoms with van der Waals surface area (Å²) >= 11 is 0. The van der Waals surface area contributed by atoms with Gasteiger partial charge in [-0.15, -0.1) is 0 Å². The van der Waals surface area contributed by atoms with Gasteiger partial charge in [-0.3, -0.25) is 10.1 Å². The zero-order chi connectivity index (χ0) is 14.7. The molecule has 0 aliphatic carbocycles. The van der Waals surface area contributed by atoms with E-state index in [0.29, 0.717) is 5.56 Å². The standard InChI is InChI=1S/C14H11F2NO3/c15-12-3-1-2-11(14(12)16)13(18)8-9-4-6-10(7-5-9)17(19)20/h1-7,13,18H,8H2. The van der Waals surface area contributed by atoms with Gasteiger partial charge >= 0.3 is 0 Å². The maximum atomic E-state index is 13.5. The molecule has 2 rings (SSSR count). The lowest BCUT2D eigenvalue weighted by molar-refractivity contribution is -0.384. The molecule has 1 N–H and O–H groups in total. The van der Waals surface area contributed by atoms with Crippen molar-refractivity contribution in [3.8, 4) is 0 Å². The Morgan fingerprint density at radius 1 is 1.15 bits per heavy atom. The number of nitro groups is 1. The molecule has 1 atom stereocenters. The summed E-state index contributed by atoms with van der Waals surface area (Å²) in [6.07, 6.45) is -1.18. The van der Waals surface area contributed by atoms with Gasteiger partial charge < -0.3 is 5.11 Å². The Hall–Kier alpha value is -2.34. The summed E-state index contributed by atoms with van der Waals surface area (Å²) in [6.45, 7) is 0. The van der Waals surface area contributed by atoms with Crippen LogP contribution in [0.2, 0.25) is 0 Å². The summed E-state index contributed by atoms with van der Waals surface area (Å²) in [6, 6.07) is 9.11. The fraction of sp³-hybridized carbons (Fsp3) is 0.143. The van der Waals surface area contributed by atoms with Crippen LogP contribution >= 0.6 is 0 Å². The van der Waals surface area contributed by atoms with Gasteiger partial charge in [0.25, 0.3) is 5.69 Å². The van der Waals surface area contributed by atoms with Gasteiger partial charge in [0, 0.05) is 24.1 Å². The van der Waals surface area contributed by atoms with Gasteiger partial charge in [0.15, 0.2) is 11.6 Å². The maximum absolute atomic E-state index is 13.5. The number of halogens is 2. The minimum Gasteiger partial charge on any atom is -0.388 e. The van der Waals surface area contributed by atoms with E-state index in [4.69, 9.17) is 0 Å². The van der Waals surface area contributed by atoms with Gasteiger partial charge in [0.05, 0.1) is 11.0 Å². The molecule has 0 spiro atoms. The highest BCUT2D eigenvalue weighted by Crippen LogP contribution is 2.23. The predicted octanol–water partition coefficient (Wildman–Crippen LogP) is 3.15. The fourth-order valence-electron chi connectivity index (χ4n) is 1.86. The zero-order valence-electron chi connectivity index (χ0n) is 10.3. The topological polar surface area (TPSA) is 63.4 Å². The van der Waals surface area contributed by atoms with Gasteiger partial charge in [-0.25, -0.2) is 8.78 Å². The monoisotopic (exact) mass is 279 g/mol. The molecule has 0 heterocycles. The molecule has 0 fully saturated rings. The largest absolute Gasteiger partial charge is 0.388 e. The van der Waals surface area contributed by atoms with Crippen molar-refractivity contribution in [1.82, 2.24) is 0 Å². The Morgan fingerprint density at radius 3 is 2.40 bits per heavy atom. The molecule has 1 unspecified atom stereocenters. The minimum absolute atomic E-state index is 0.0400. The predicted molar refractivity (Wildman–Crippen MR) is 68.1 cm³/mol. The number of aliphatic hydroxyl groups is 1. The number of hydrogen-bond donors (Lipinski definition) is 1. The SMILES string of the molecule is O=[N+]([O-])c1ccc(CC(O)c2cccc(F)c2F)cc1. The highest BCUT2D eigenvalue weighted by Gasteiger charge is 2.16. The Kier molecular flexibility index (Phi) is 4.05. The van der Waals surface area contributed by atoms with Crippen molar-refractivity contribution in [3.05, 3.63) is 75.3 Å². The van der Waals surface area contributed by atoms with Crippen LogP contribution in [0, 0.1) is 21.7 Å². The highest BCUT2D eigenvalue weighted by atomic mass is 19.2. The van der Waals surface area contributed by atoms with E-state index in [1.165, 1.54) is 36.4 Å². The third-order valence-electron chi connectivity index (χ3n) is 2.92. The van der Waals surface area contributed by atoms with Crippen LogP contribution < -0.4 is 0 Å². The number of rotatable bonds is 4. The molecule has 0 radical (unpaired) electrons. The lowest BCUT2D eigenvalue weighted by atomic mass is 10.0. The van der Waals surface area contributed by atoms with Crippen LogP contribution in [0.1, 0.15) is 17.2 Å². The van der Waals surface area contributed by atoms with E-state index in [1.54, 1.807) is 0 Å². The van der Waals surface area contributed by atoms with Crippen molar-refractivity contribution in [2.75, 3.05) is 0 Å². The first-order valence-electron chi connectivity index (χ1n) is 5.84. The van der Waals surface area contributed by atoms with Gasteiger partial charge in [0.1, 0.15) is 0 Å². The first kappa shape index (κ1) is 14.1. The average molecular weight is 279 g/mol. The van der Waals surface area contributed by atoms with Crippen molar-refractivity contribution in [3.63, 3.8) is 0 Å². The first-order valence-corrected chi connectivity index (χ1v) is 5.84. The van der Waals surface area contributed by atoms with Gasteiger partial charge in [0.2, 0.25) is 0 Å². The van der Waals surface area contributed by atoms with Crippen LogP contribution in [0.4, 0.5) is 14.5 Å². The normalized spacial score (nSPS) is 12.2. The number of nitrogens with zero attached hydrogens (tertiary/aromatic N) is 1. The van der Waals surface area contributed by atoms with Crippen molar-refractivity contribution >= 4 is 5.69 Å². The van der Waals surface area contributed by atoms with E-state index in [9.17, 15) is 24.0 Å². The number of non-ortho nitro benzene ring substituents is 1. The van der Waals surface area contributed by atoms with Gasteiger partial charge in [-0.2, -0.15) is 0 Å². The molecular weight excluding hydrogens is 268 g/mol. The lowest BCUT2D eigenvalue weighted by Crippen LogP contribution is -2.05. The molecule has 2 aromatic carbocycles. The van der Waals surface area contributed by atoms with Crippen LogP contribution in [-0.4, -0.2) is 10.0 Å². The first-order chi connectivity index (χ1) is 9.49. The van der Waals surface area contributed by atoms with Crippen molar-refractivity contribution in [1.29, 1.82) is 0 Å². The molecule has 0 saturated carbocycles. The quantitative estimate of drug-likeness (QED) is 0.690. The molecule has 0 aliphatic heterocycles. The van der Waals surface area contributed by atoms with E-state index in [2.05, 4.69) is 0 Å². The molecule has 20 heavy (non-hydrogen) atoms. The maximum Gasteiger partial charge on any atom is 0.269 e. The Balaban J connectivity index is 2.17. The van der Waals surface area contributed by atoms with Gasteiger partial charge in [-0.1, -0.05) is 24.3 Å². The lowest BCUT2D eigenvalue weighted by Gasteiger charge is -2.12. The molecule has 0 bridgehead atoms. The smallest absolute Gasteiger partial charge is 0.269 e. The fourth-order valence-corrected chi connectivity index (χ4v) is 1.86. The minimum atomic E-state index is -1.22. The second-order valence-corrected chi connectivity index (χ2v) is 4.29. The molecule has 0 aliphatic rings. The van der Waals surface area contributed by atoms with Crippen molar-refractivity contribution in [2.24, 2.45) is 0 Å². The summed E-state index contributed by atoms with van der Waals surface area (Å²) in [5.41, 5.74) is 0.385. The summed E-state index contributed by atoms with van der Waals surface area (Å²) in [5.74, 6) is -2.10. The average Bonchev–Trinajstić information content (AvgIpc) is 2.42. The Morgan fingerprint density at radius 2 is 1.80 bits per heavy atom. The van der Waals surface area contributed by atoms with Crippen LogP contribution in [0.5, 0.6) is 0 Å². The molecule has 6 heteroatoms. The molecule has 4 nitrogen and oxygen atoms in total. The molecule has 0 saturated heterocycles. The number of benzene rings is 2. The summed E-state index contributed by atoms with van der Waals surface area (Å²) in [7, 11) is 0. The molecule has 2 aromatic rings. The second kappa shape index (κ2) is 5.75. The van der Waals surface area contributed by atoms with Crippen molar-refractivity contribution < 1.29 is 18.8 Å². The molecule has 0 amide bonds. The van der Waals surface area contributed by atoms with E-state index in [0.717, 1.165) is 6.07 Å². The zero-order valence-corrected chi connectivity index (χ0v) is 10.3. The summed E-state index contributed by atoms with van der Waals surface area (Å²) in [4.78, 5) is 9.97. The third kappa shape index (κ3) is 2.97. The van der Waals surface area contributed by atoms with E-state index >= 15 is 0 Å². The molecular formula is C14H11F2NO3. The Labute approximate surface area is 113 Å². The highest BCUT2D eigenvalue weighted by molar-refractivity contribution is 5.34. The number of hydrogen-bond acceptors (Lipinski definition) is 3. The Bertz CT molecular complexity index is 629. The summed E-state index contributed by atoms with van der Waals surface area (Å²) < 4.78 is 26.6. The van der Waals surface area contributed by atoms with Crippen LogP contribution in [0.15, 0.2) is 42.5 Å². The number of nitro benzene ring substituents is 1.